The molecule has 0 spiro atoms. The first-order chi connectivity index (χ1) is 6.27. The maximum Gasteiger partial charge on any atom is 0.0414 e. The van der Waals surface area contributed by atoms with Crippen molar-refractivity contribution in [1.29, 1.82) is 0 Å². The summed E-state index contributed by atoms with van der Waals surface area (Å²) in [6, 6.07) is 5.04. The van der Waals surface area contributed by atoms with Crippen LogP contribution in [-0.4, -0.2) is 6.54 Å². The monoisotopic (exact) mass is 197 g/mol. The Labute approximate surface area is 85.2 Å². The highest BCUT2D eigenvalue weighted by molar-refractivity contribution is 7.12. The third kappa shape index (κ3) is 3.12. The Hall–Kier alpha value is -0.340. The zero-order valence-electron chi connectivity index (χ0n) is 8.76. The van der Waals surface area contributed by atoms with Gasteiger partial charge in [0.15, 0.2) is 0 Å². The minimum absolute atomic E-state index is 0.577. The second-order valence-corrected chi connectivity index (χ2v) is 4.67. The fraction of sp³-hybridized carbons (Fsp3) is 0.636. The molecule has 1 unspecified atom stereocenters. The van der Waals surface area contributed by atoms with Crippen LogP contribution in [0.15, 0.2) is 12.1 Å². The predicted molar refractivity (Wildman–Crippen MR) is 60.4 cm³/mol. The largest absolute Gasteiger partial charge is 0.310 e. The highest BCUT2D eigenvalue weighted by Gasteiger charge is 2.10. The van der Waals surface area contributed by atoms with Gasteiger partial charge >= 0.3 is 0 Å². The van der Waals surface area contributed by atoms with Gasteiger partial charge in [-0.05, 0) is 32.0 Å². The normalized spacial score (nSPS) is 13.2. The summed E-state index contributed by atoms with van der Waals surface area (Å²) in [7, 11) is 0. The molecule has 1 aromatic rings. The van der Waals surface area contributed by atoms with E-state index in [2.05, 4.69) is 38.2 Å². The van der Waals surface area contributed by atoms with E-state index in [0.717, 1.165) is 6.54 Å². The summed E-state index contributed by atoms with van der Waals surface area (Å²) in [4.78, 5) is 2.90. The van der Waals surface area contributed by atoms with Crippen molar-refractivity contribution in [3.05, 3.63) is 21.9 Å². The zero-order chi connectivity index (χ0) is 9.68. The number of hydrogen-bond donors (Lipinski definition) is 1. The lowest BCUT2D eigenvalue weighted by molar-refractivity contribution is 0.516. The molecular formula is C11H19NS. The fourth-order valence-corrected chi connectivity index (χ4v) is 2.51. The molecule has 0 fully saturated rings. The van der Waals surface area contributed by atoms with Crippen LogP contribution in [0.5, 0.6) is 0 Å². The van der Waals surface area contributed by atoms with Gasteiger partial charge < -0.3 is 5.32 Å². The molecule has 0 radical (unpaired) electrons. The topological polar surface area (TPSA) is 12.0 Å². The van der Waals surface area contributed by atoms with Crippen molar-refractivity contribution in [2.24, 2.45) is 0 Å². The molecule has 13 heavy (non-hydrogen) atoms. The van der Waals surface area contributed by atoms with Gasteiger partial charge in [0.1, 0.15) is 0 Å². The van der Waals surface area contributed by atoms with Gasteiger partial charge in [-0.2, -0.15) is 0 Å². The van der Waals surface area contributed by atoms with Crippen molar-refractivity contribution >= 4 is 11.3 Å². The van der Waals surface area contributed by atoms with Gasteiger partial charge in [-0.3, -0.25) is 0 Å². The van der Waals surface area contributed by atoms with E-state index >= 15 is 0 Å². The Morgan fingerprint density at radius 1 is 1.38 bits per heavy atom. The summed E-state index contributed by atoms with van der Waals surface area (Å²) < 4.78 is 0. The van der Waals surface area contributed by atoms with Gasteiger partial charge in [0.2, 0.25) is 0 Å². The molecule has 0 aromatic carbocycles. The van der Waals surface area contributed by atoms with Crippen LogP contribution in [0.3, 0.4) is 0 Å². The molecule has 1 rings (SSSR count). The van der Waals surface area contributed by atoms with Crippen LogP contribution in [0, 0.1) is 6.92 Å². The molecule has 0 bridgehead atoms. The Morgan fingerprint density at radius 2 is 2.15 bits per heavy atom. The SMILES string of the molecule is CCCC(NCC)c1ccc(C)s1. The van der Waals surface area contributed by atoms with Crippen molar-refractivity contribution in [2.45, 2.75) is 39.7 Å². The molecule has 1 atom stereocenters. The summed E-state index contributed by atoms with van der Waals surface area (Å²) in [5.41, 5.74) is 0. The standard InChI is InChI=1S/C11H19NS/c1-4-6-10(12-5-2)11-8-7-9(3)13-11/h7-8,10,12H,4-6H2,1-3H3. The third-order valence-electron chi connectivity index (χ3n) is 2.13. The number of aryl methyl sites for hydroxylation is 1. The summed E-state index contributed by atoms with van der Waals surface area (Å²) in [6.07, 6.45) is 2.49. The van der Waals surface area contributed by atoms with Gasteiger partial charge in [-0.15, -0.1) is 11.3 Å². The lowest BCUT2D eigenvalue weighted by atomic mass is 10.1. The number of rotatable bonds is 5. The van der Waals surface area contributed by atoms with Gasteiger partial charge in [0.25, 0.3) is 0 Å². The van der Waals surface area contributed by atoms with Crippen molar-refractivity contribution in [1.82, 2.24) is 5.32 Å². The summed E-state index contributed by atoms with van der Waals surface area (Å²) in [5.74, 6) is 0. The number of hydrogen-bond acceptors (Lipinski definition) is 2. The average Bonchev–Trinajstić information content (AvgIpc) is 2.51. The van der Waals surface area contributed by atoms with E-state index in [1.54, 1.807) is 0 Å². The van der Waals surface area contributed by atoms with Crippen molar-refractivity contribution in [3.8, 4) is 0 Å². The fourth-order valence-electron chi connectivity index (χ4n) is 1.52. The van der Waals surface area contributed by atoms with E-state index in [9.17, 15) is 0 Å². The van der Waals surface area contributed by atoms with Crippen molar-refractivity contribution in [3.63, 3.8) is 0 Å². The van der Waals surface area contributed by atoms with Crippen LogP contribution in [-0.2, 0) is 0 Å². The molecule has 74 valence electrons. The van der Waals surface area contributed by atoms with E-state index in [-0.39, 0.29) is 0 Å². The van der Waals surface area contributed by atoms with E-state index in [1.165, 1.54) is 22.6 Å². The summed E-state index contributed by atoms with van der Waals surface area (Å²) >= 11 is 1.91. The van der Waals surface area contributed by atoms with Crippen LogP contribution in [0.2, 0.25) is 0 Å². The second kappa shape index (κ2) is 5.40. The van der Waals surface area contributed by atoms with E-state index in [1.807, 2.05) is 11.3 Å². The van der Waals surface area contributed by atoms with Gasteiger partial charge in [-0.1, -0.05) is 20.3 Å². The van der Waals surface area contributed by atoms with E-state index in [4.69, 9.17) is 0 Å². The molecule has 2 heteroatoms. The highest BCUT2D eigenvalue weighted by Crippen LogP contribution is 2.25. The van der Waals surface area contributed by atoms with Gasteiger partial charge in [-0.25, -0.2) is 0 Å². The Kier molecular flexibility index (Phi) is 4.46. The van der Waals surface area contributed by atoms with E-state index in [0.29, 0.717) is 6.04 Å². The minimum Gasteiger partial charge on any atom is -0.310 e. The maximum absolute atomic E-state index is 3.52. The van der Waals surface area contributed by atoms with Crippen LogP contribution in [0.1, 0.15) is 42.5 Å². The van der Waals surface area contributed by atoms with Crippen LogP contribution >= 0.6 is 11.3 Å². The first-order valence-electron chi connectivity index (χ1n) is 5.07. The van der Waals surface area contributed by atoms with Crippen LogP contribution < -0.4 is 5.32 Å². The molecule has 0 aliphatic carbocycles. The molecule has 0 aliphatic heterocycles. The second-order valence-electron chi connectivity index (χ2n) is 3.35. The molecular weight excluding hydrogens is 178 g/mol. The molecule has 0 saturated carbocycles. The summed E-state index contributed by atoms with van der Waals surface area (Å²) in [5, 5.41) is 3.52. The summed E-state index contributed by atoms with van der Waals surface area (Å²) in [6.45, 7) is 7.64. The molecule has 0 saturated heterocycles. The molecule has 0 amide bonds. The Morgan fingerprint density at radius 3 is 2.62 bits per heavy atom. The van der Waals surface area contributed by atoms with Crippen LogP contribution in [0.4, 0.5) is 0 Å². The maximum atomic E-state index is 3.52. The lowest BCUT2D eigenvalue weighted by Gasteiger charge is -2.14. The number of nitrogens with one attached hydrogen (secondary N) is 1. The number of thiophene rings is 1. The van der Waals surface area contributed by atoms with Gasteiger partial charge in [0, 0.05) is 15.8 Å². The van der Waals surface area contributed by atoms with Crippen molar-refractivity contribution < 1.29 is 0 Å². The first-order valence-corrected chi connectivity index (χ1v) is 5.89. The Bertz CT molecular complexity index is 236. The molecule has 1 aromatic heterocycles. The molecule has 1 heterocycles. The third-order valence-corrected chi connectivity index (χ3v) is 3.25. The first kappa shape index (κ1) is 10.7. The van der Waals surface area contributed by atoms with Crippen LogP contribution in [0.25, 0.3) is 0 Å². The molecule has 1 nitrogen and oxygen atoms in total. The smallest absolute Gasteiger partial charge is 0.0414 e. The highest BCUT2D eigenvalue weighted by atomic mass is 32.1. The zero-order valence-corrected chi connectivity index (χ0v) is 9.58. The Balaban J connectivity index is 2.63. The molecule has 1 N–H and O–H groups in total. The lowest BCUT2D eigenvalue weighted by Crippen LogP contribution is -2.19. The molecule has 0 aliphatic rings. The quantitative estimate of drug-likeness (QED) is 0.761. The predicted octanol–water partition coefficient (Wildman–Crippen LogP) is 3.51. The minimum atomic E-state index is 0.577. The average molecular weight is 197 g/mol. The van der Waals surface area contributed by atoms with Gasteiger partial charge in [0.05, 0.1) is 0 Å². The van der Waals surface area contributed by atoms with Crippen molar-refractivity contribution in [2.75, 3.05) is 6.54 Å². The van der Waals surface area contributed by atoms with E-state index < -0.39 is 0 Å².